The number of hydrogen-bond donors (Lipinski definition) is 1. The fraction of sp³-hybridized carbons (Fsp3) is 0.778. The Hall–Kier alpha value is 1.30. The first-order valence-electron chi connectivity index (χ1n) is 12.8. The third kappa shape index (κ3) is 24.0. The molecule has 2 unspecified atom stereocenters. The van der Waals surface area contributed by atoms with Crippen molar-refractivity contribution in [3.05, 3.63) is 6.92 Å². The van der Waals surface area contributed by atoms with E-state index in [-0.39, 0.29) is 190 Å². The van der Waals surface area contributed by atoms with E-state index < -0.39 is 17.6 Å². The van der Waals surface area contributed by atoms with E-state index in [9.17, 15) is 24.0 Å². The molecular formula is C27H46K2NO8+. The van der Waals surface area contributed by atoms with Gasteiger partial charge in [0.2, 0.25) is 0 Å². The second kappa shape index (κ2) is 26.0. The number of rotatable bonds is 22. The smallest absolute Gasteiger partial charge is 0.460 e. The van der Waals surface area contributed by atoms with Crippen LogP contribution in [-0.2, 0) is 38.2 Å². The van der Waals surface area contributed by atoms with Crippen molar-refractivity contribution in [1.29, 1.82) is 0 Å². The van der Waals surface area contributed by atoms with Crippen molar-refractivity contribution in [2.75, 3.05) is 33.5 Å². The van der Waals surface area contributed by atoms with E-state index in [1.54, 1.807) is 34.8 Å². The number of hydrogen-bond acceptors (Lipinski definition) is 9. The summed E-state index contributed by atoms with van der Waals surface area (Å²) in [6, 6.07) is -0.614. The quantitative estimate of drug-likeness (QED) is 0.0617. The molecule has 38 heavy (non-hydrogen) atoms. The van der Waals surface area contributed by atoms with Gasteiger partial charge >= 0.3 is 109 Å². The predicted octanol–water partition coefficient (Wildman–Crippen LogP) is -2.79. The molecule has 0 spiro atoms. The van der Waals surface area contributed by atoms with Crippen molar-refractivity contribution in [2.45, 2.75) is 97.1 Å². The molecule has 11 heteroatoms. The Morgan fingerprint density at radius 3 is 2.05 bits per heavy atom. The summed E-state index contributed by atoms with van der Waals surface area (Å²) in [4.78, 5) is 61.5. The second-order valence-corrected chi connectivity index (χ2v) is 9.81. The Morgan fingerprint density at radius 2 is 1.50 bits per heavy atom. The first-order chi connectivity index (χ1) is 16.9. The van der Waals surface area contributed by atoms with Crippen molar-refractivity contribution in [1.82, 2.24) is 5.32 Å². The minimum Gasteiger partial charge on any atom is -0.460 e. The Labute approximate surface area is 314 Å². The maximum absolute atomic E-state index is 12.8. The number of ketones is 4. The number of ether oxygens (including phenoxy) is 3. The third-order valence-electron chi connectivity index (χ3n) is 5.41. The fourth-order valence-corrected chi connectivity index (χ4v) is 3.53. The van der Waals surface area contributed by atoms with Crippen LogP contribution in [0.3, 0.4) is 0 Å². The molecule has 0 aliphatic heterocycles. The minimum atomic E-state index is -0.643. The average molecular weight is 591 g/mol. The van der Waals surface area contributed by atoms with Crippen LogP contribution in [0, 0.1) is 12.8 Å². The van der Waals surface area contributed by atoms with Crippen LogP contribution in [0.15, 0.2) is 0 Å². The summed E-state index contributed by atoms with van der Waals surface area (Å²) >= 11 is 0. The van der Waals surface area contributed by atoms with Crippen molar-refractivity contribution in [3.63, 3.8) is 0 Å². The van der Waals surface area contributed by atoms with Crippen LogP contribution >= 0.6 is 0 Å². The maximum Gasteiger partial charge on any atom is 1.00 e. The summed E-state index contributed by atoms with van der Waals surface area (Å²) < 4.78 is 15.6. The van der Waals surface area contributed by atoms with Gasteiger partial charge in [-0.25, -0.2) is 0 Å². The number of carbonyl (C=O) groups is 5. The molecule has 0 aliphatic carbocycles. The first-order valence-corrected chi connectivity index (χ1v) is 12.8. The molecule has 0 aromatic rings. The minimum absolute atomic E-state index is 0. The normalized spacial score (nSPS) is 12.5. The zero-order valence-electron chi connectivity index (χ0n) is 24.8. The summed E-state index contributed by atoms with van der Waals surface area (Å²) in [5.41, 5.74) is -0.594. The molecule has 0 amide bonds. The average Bonchev–Trinajstić information content (AvgIpc) is 2.80. The van der Waals surface area contributed by atoms with Crippen LogP contribution in [0.25, 0.3) is 0 Å². The molecule has 2 atom stereocenters. The largest absolute Gasteiger partial charge is 1.00 e. The van der Waals surface area contributed by atoms with Gasteiger partial charge in [-0.05, 0) is 33.6 Å². The molecule has 0 aromatic carbocycles. The van der Waals surface area contributed by atoms with Crippen LogP contribution in [-0.4, -0.2) is 74.2 Å². The number of nitrogens with one attached hydrogen (secondary N) is 1. The molecule has 0 saturated heterocycles. The zero-order chi connectivity index (χ0) is 27.6. The number of methoxy groups -OCH3 is 1. The Kier molecular flexibility index (Phi) is 29.9. The van der Waals surface area contributed by atoms with E-state index in [1.807, 2.05) is 0 Å². The molecule has 0 aliphatic rings. The molecule has 0 rings (SSSR count). The van der Waals surface area contributed by atoms with Gasteiger partial charge in [0.15, 0.2) is 0 Å². The summed E-state index contributed by atoms with van der Waals surface area (Å²) in [6.07, 6.45) is 1.54. The SMILES string of the molecule is [CH2-]CC(=O)CC(CC(=O)CCC(NCCC(=O)OC(C)(C)C)C(=O)CCCOCCOC)C(=O)CC.[K+].[K+]. The van der Waals surface area contributed by atoms with Crippen LogP contribution in [0.2, 0.25) is 0 Å². The van der Waals surface area contributed by atoms with E-state index >= 15 is 0 Å². The van der Waals surface area contributed by atoms with Crippen LogP contribution in [0.5, 0.6) is 0 Å². The van der Waals surface area contributed by atoms with Crippen molar-refractivity contribution in [2.24, 2.45) is 5.92 Å². The molecule has 9 nitrogen and oxygen atoms in total. The molecule has 0 radical (unpaired) electrons. The Bertz CT molecular complexity index is 710. The Balaban J connectivity index is -0.00000612. The molecule has 0 bridgehead atoms. The summed E-state index contributed by atoms with van der Waals surface area (Å²) in [5, 5.41) is 3.09. The van der Waals surface area contributed by atoms with Gasteiger partial charge in [-0.15, -0.1) is 6.42 Å². The number of carbonyl (C=O) groups excluding carboxylic acids is 5. The van der Waals surface area contributed by atoms with Gasteiger partial charge in [-0.3, -0.25) is 19.2 Å². The molecule has 0 saturated carbocycles. The van der Waals surface area contributed by atoms with Crippen molar-refractivity contribution < 1.29 is 141 Å². The van der Waals surface area contributed by atoms with Crippen molar-refractivity contribution >= 4 is 29.1 Å². The van der Waals surface area contributed by atoms with Crippen LogP contribution in [0.1, 0.15) is 85.5 Å². The molecule has 208 valence electrons. The van der Waals surface area contributed by atoms with Crippen molar-refractivity contribution in [3.8, 4) is 0 Å². The van der Waals surface area contributed by atoms with Gasteiger partial charge in [0, 0.05) is 58.3 Å². The molecule has 0 fully saturated rings. The first kappa shape index (κ1) is 43.8. The fourth-order valence-electron chi connectivity index (χ4n) is 3.53. The van der Waals surface area contributed by atoms with E-state index in [4.69, 9.17) is 14.2 Å². The monoisotopic (exact) mass is 590 g/mol. The Morgan fingerprint density at radius 1 is 0.868 bits per heavy atom. The van der Waals surface area contributed by atoms with Crippen LogP contribution in [0.4, 0.5) is 0 Å². The predicted molar refractivity (Wildman–Crippen MR) is 136 cm³/mol. The van der Waals surface area contributed by atoms with Gasteiger partial charge < -0.3 is 31.2 Å². The molecule has 1 N–H and O–H groups in total. The maximum atomic E-state index is 12.8. The van der Waals surface area contributed by atoms with E-state index in [2.05, 4.69) is 12.2 Å². The summed E-state index contributed by atoms with van der Waals surface area (Å²) in [5.74, 6) is -1.54. The van der Waals surface area contributed by atoms with Gasteiger partial charge in [0.25, 0.3) is 0 Å². The van der Waals surface area contributed by atoms with Crippen LogP contribution < -0.4 is 108 Å². The van der Waals surface area contributed by atoms with Gasteiger partial charge in [0.05, 0.1) is 25.7 Å². The van der Waals surface area contributed by atoms with Gasteiger partial charge in [-0.2, -0.15) is 0 Å². The molecular weight excluding hydrogens is 544 g/mol. The topological polar surface area (TPSA) is 125 Å². The number of esters is 1. The molecule has 0 heterocycles. The van der Waals surface area contributed by atoms with E-state index in [1.165, 1.54) is 0 Å². The third-order valence-corrected chi connectivity index (χ3v) is 5.41. The summed E-state index contributed by atoms with van der Waals surface area (Å²) in [6.45, 7) is 12.2. The second-order valence-electron chi connectivity index (χ2n) is 9.81. The molecule has 0 aromatic heterocycles. The van der Waals surface area contributed by atoms with Gasteiger partial charge in [0.1, 0.15) is 28.7 Å². The van der Waals surface area contributed by atoms with E-state index in [0.29, 0.717) is 26.2 Å². The zero-order valence-corrected chi connectivity index (χ0v) is 31.1. The summed E-state index contributed by atoms with van der Waals surface area (Å²) in [7, 11) is 1.58. The van der Waals surface area contributed by atoms with E-state index in [0.717, 1.165) is 0 Å². The number of Topliss-reactive ketones (excluding diaryl/α,β-unsaturated/α-hetero) is 4. The van der Waals surface area contributed by atoms with Gasteiger partial charge in [-0.1, -0.05) is 6.92 Å². The standard InChI is InChI=1S/C27H46NO8.2K/c1-7-21(29)18-20(24(31)8-2)19-22(30)11-12-23(25(32)10-9-15-35-17-16-34-6)28-14-13-26(33)36-27(3,4)5;;/h20,23,28H,1,7-19H2,2-6H3;;/q-1;2*+1.